The van der Waals surface area contributed by atoms with Gasteiger partial charge in [0.15, 0.2) is 5.13 Å². The number of aliphatic hydroxyl groups is 1. The number of rotatable bonds is 7. The summed E-state index contributed by atoms with van der Waals surface area (Å²) in [6.45, 7) is 2.57. The zero-order valence-corrected chi connectivity index (χ0v) is 22.0. The van der Waals surface area contributed by atoms with E-state index in [1.807, 2.05) is 50.2 Å². The summed E-state index contributed by atoms with van der Waals surface area (Å²) in [4.78, 5) is 34.6. The summed E-state index contributed by atoms with van der Waals surface area (Å²) in [7, 11) is 3.82. The Kier molecular flexibility index (Phi) is 6.86. The Labute approximate surface area is 223 Å². The van der Waals surface area contributed by atoms with Crippen molar-refractivity contribution in [3.63, 3.8) is 0 Å². The van der Waals surface area contributed by atoms with Crippen LogP contribution in [0.3, 0.4) is 0 Å². The number of halogens is 1. The molecule has 9 heteroatoms. The predicted molar refractivity (Wildman–Crippen MR) is 147 cm³/mol. The Morgan fingerprint density at radius 2 is 1.79 bits per heavy atom. The topological polar surface area (TPSA) is 83.0 Å². The Balaban J connectivity index is 1.65. The molecule has 1 fully saturated rings. The molecule has 1 saturated heterocycles. The first kappa shape index (κ1) is 25.4. The van der Waals surface area contributed by atoms with Gasteiger partial charge in [0, 0.05) is 25.3 Å². The van der Waals surface area contributed by atoms with Gasteiger partial charge in [-0.15, -0.1) is 0 Å². The number of Topliss-reactive ketones (excluding diaryl/α,β-unsaturated/α-hetero) is 1. The number of ketones is 1. The fraction of sp³-hybridized carbons (Fsp3) is 0.207. The Hall–Kier alpha value is -4.24. The molecule has 1 unspecified atom stereocenters. The molecule has 0 aliphatic carbocycles. The van der Waals surface area contributed by atoms with E-state index >= 15 is 0 Å². The second-order valence-electron chi connectivity index (χ2n) is 9.14. The number of fused-ring (bicyclic) bond motifs is 1. The number of anilines is 2. The zero-order valence-electron chi connectivity index (χ0n) is 21.1. The highest BCUT2D eigenvalue weighted by Gasteiger charge is 2.48. The molecule has 0 bridgehead atoms. The second kappa shape index (κ2) is 10.3. The molecule has 38 heavy (non-hydrogen) atoms. The van der Waals surface area contributed by atoms with Crippen LogP contribution in [0.1, 0.15) is 30.5 Å². The fourth-order valence-corrected chi connectivity index (χ4v) is 5.39. The van der Waals surface area contributed by atoms with Gasteiger partial charge in [0.25, 0.3) is 5.78 Å². The maximum atomic E-state index is 13.8. The van der Waals surface area contributed by atoms with E-state index in [-0.39, 0.29) is 16.5 Å². The molecule has 0 saturated carbocycles. The van der Waals surface area contributed by atoms with Crippen molar-refractivity contribution in [2.45, 2.75) is 19.4 Å². The van der Waals surface area contributed by atoms with E-state index in [1.165, 1.54) is 23.1 Å². The van der Waals surface area contributed by atoms with Gasteiger partial charge in [-0.25, -0.2) is 9.37 Å². The van der Waals surface area contributed by atoms with Crippen molar-refractivity contribution in [1.82, 2.24) is 4.98 Å². The van der Waals surface area contributed by atoms with Crippen LogP contribution in [-0.4, -0.2) is 42.5 Å². The summed E-state index contributed by atoms with van der Waals surface area (Å²) < 4.78 is 20.0. The Morgan fingerprint density at radius 1 is 1.08 bits per heavy atom. The zero-order chi connectivity index (χ0) is 27.0. The van der Waals surface area contributed by atoms with Crippen LogP contribution in [0.5, 0.6) is 5.75 Å². The fourth-order valence-electron chi connectivity index (χ4n) is 4.37. The molecule has 1 aromatic heterocycles. The summed E-state index contributed by atoms with van der Waals surface area (Å²) in [5.41, 5.74) is 2.42. The number of aliphatic hydroxyl groups excluding tert-OH is 1. The molecule has 3 aromatic carbocycles. The monoisotopic (exact) mass is 531 g/mol. The van der Waals surface area contributed by atoms with Crippen molar-refractivity contribution >= 4 is 49.8 Å². The lowest BCUT2D eigenvalue weighted by molar-refractivity contribution is -0.132. The van der Waals surface area contributed by atoms with Gasteiger partial charge in [0.2, 0.25) is 0 Å². The van der Waals surface area contributed by atoms with E-state index in [2.05, 4.69) is 4.98 Å². The molecule has 1 amide bonds. The molecule has 1 aliphatic rings. The quantitative estimate of drug-likeness (QED) is 0.181. The van der Waals surface area contributed by atoms with Crippen molar-refractivity contribution in [2.24, 2.45) is 0 Å². The molecule has 1 atom stereocenters. The molecular formula is C29H26FN3O4S. The molecule has 0 spiro atoms. The average Bonchev–Trinajstić information content (AvgIpc) is 3.44. The largest absolute Gasteiger partial charge is 0.507 e. The third-order valence-electron chi connectivity index (χ3n) is 6.32. The SMILES string of the molecule is CCCOc1ccc(C(O)=C2C(=O)C(=O)N(c3nc4ccc(F)cc4s3)C2c2ccc(N(C)C)cc2)cc1. The number of aromatic nitrogens is 1. The lowest BCUT2D eigenvalue weighted by atomic mass is 9.95. The van der Waals surface area contributed by atoms with Crippen LogP contribution in [0.2, 0.25) is 0 Å². The van der Waals surface area contributed by atoms with E-state index in [1.54, 1.807) is 24.3 Å². The van der Waals surface area contributed by atoms with Crippen LogP contribution >= 0.6 is 11.3 Å². The third-order valence-corrected chi connectivity index (χ3v) is 7.33. The summed E-state index contributed by atoms with van der Waals surface area (Å²) in [6, 6.07) is 17.4. The molecule has 194 valence electrons. The van der Waals surface area contributed by atoms with Crippen LogP contribution in [-0.2, 0) is 9.59 Å². The predicted octanol–water partition coefficient (Wildman–Crippen LogP) is 5.92. The molecular weight excluding hydrogens is 505 g/mol. The summed E-state index contributed by atoms with van der Waals surface area (Å²) in [6.07, 6.45) is 0.857. The van der Waals surface area contributed by atoms with E-state index in [9.17, 15) is 19.1 Å². The molecule has 1 N–H and O–H groups in total. The normalized spacial score (nSPS) is 16.8. The maximum absolute atomic E-state index is 13.8. The number of ether oxygens (including phenoxy) is 1. The number of carbonyl (C=O) groups is 2. The highest BCUT2D eigenvalue weighted by molar-refractivity contribution is 7.22. The number of hydrogen-bond acceptors (Lipinski definition) is 7. The summed E-state index contributed by atoms with van der Waals surface area (Å²) in [5.74, 6) is -1.70. The number of hydrogen-bond donors (Lipinski definition) is 1. The van der Waals surface area contributed by atoms with E-state index in [0.29, 0.717) is 33.7 Å². The molecule has 7 nitrogen and oxygen atoms in total. The van der Waals surface area contributed by atoms with Crippen LogP contribution < -0.4 is 14.5 Å². The van der Waals surface area contributed by atoms with Gasteiger partial charge in [0.1, 0.15) is 17.3 Å². The number of nitrogens with zero attached hydrogens (tertiary/aromatic N) is 3. The molecule has 1 aliphatic heterocycles. The second-order valence-corrected chi connectivity index (χ2v) is 10.1. The standard InChI is InChI=1S/C29H26FN3O4S/c1-4-15-37-21-12-7-18(8-13-21)26(34)24-25(17-5-10-20(11-6-17)32(2)3)33(28(36)27(24)35)29-31-22-14-9-19(30)16-23(22)38-29/h5-14,16,25,34H,4,15H2,1-3H3. The molecule has 0 radical (unpaired) electrons. The van der Waals surface area contributed by atoms with Gasteiger partial charge in [-0.2, -0.15) is 0 Å². The smallest absolute Gasteiger partial charge is 0.301 e. The lowest BCUT2D eigenvalue weighted by Gasteiger charge is -2.23. The first-order chi connectivity index (χ1) is 18.3. The van der Waals surface area contributed by atoms with Crippen molar-refractivity contribution in [1.29, 1.82) is 0 Å². The summed E-state index contributed by atoms with van der Waals surface area (Å²) >= 11 is 1.11. The van der Waals surface area contributed by atoms with Gasteiger partial charge in [-0.05, 0) is 66.6 Å². The van der Waals surface area contributed by atoms with Crippen molar-refractivity contribution in [2.75, 3.05) is 30.5 Å². The van der Waals surface area contributed by atoms with E-state index in [4.69, 9.17) is 4.74 Å². The summed E-state index contributed by atoms with van der Waals surface area (Å²) in [5, 5.41) is 11.6. The minimum atomic E-state index is -0.923. The van der Waals surface area contributed by atoms with Crippen molar-refractivity contribution in [3.8, 4) is 5.75 Å². The number of amides is 1. The Bertz CT molecular complexity index is 1540. The number of thiazole rings is 1. The Morgan fingerprint density at radius 3 is 2.45 bits per heavy atom. The van der Waals surface area contributed by atoms with Crippen LogP contribution in [0.4, 0.5) is 15.2 Å². The average molecular weight is 532 g/mol. The van der Waals surface area contributed by atoms with Gasteiger partial charge >= 0.3 is 5.91 Å². The van der Waals surface area contributed by atoms with E-state index in [0.717, 1.165) is 23.4 Å². The molecule has 2 heterocycles. The first-order valence-corrected chi connectivity index (χ1v) is 13.0. The minimum Gasteiger partial charge on any atom is -0.507 e. The maximum Gasteiger partial charge on any atom is 0.301 e. The van der Waals surface area contributed by atoms with Gasteiger partial charge in [-0.1, -0.05) is 30.4 Å². The molecule has 5 rings (SSSR count). The highest BCUT2D eigenvalue weighted by atomic mass is 32.1. The lowest BCUT2D eigenvalue weighted by Crippen LogP contribution is -2.29. The molecule has 4 aromatic rings. The minimum absolute atomic E-state index is 0.0414. The van der Waals surface area contributed by atoms with Crippen molar-refractivity contribution < 1.29 is 23.8 Å². The van der Waals surface area contributed by atoms with Gasteiger partial charge in [-0.3, -0.25) is 14.5 Å². The van der Waals surface area contributed by atoms with Gasteiger partial charge in [0.05, 0.1) is 28.4 Å². The van der Waals surface area contributed by atoms with Crippen LogP contribution in [0, 0.1) is 5.82 Å². The van der Waals surface area contributed by atoms with Crippen LogP contribution in [0.15, 0.2) is 72.3 Å². The third kappa shape index (κ3) is 4.61. The van der Waals surface area contributed by atoms with Crippen LogP contribution in [0.25, 0.3) is 16.0 Å². The van der Waals surface area contributed by atoms with E-state index < -0.39 is 23.5 Å². The highest BCUT2D eigenvalue weighted by Crippen LogP contribution is 2.44. The van der Waals surface area contributed by atoms with Gasteiger partial charge < -0.3 is 14.7 Å². The number of carbonyl (C=O) groups excluding carboxylic acids is 2. The number of benzene rings is 3. The first-order valence-electron chi connectivity index (χ1n) is 12.2. The van der Waals surface area contributed by atoms with Crippen molar-refractivity contribution in [3.05, 3.63) is 89.2 Å².